The normalized spacial score (nSPS) is 19.3. The first kappa shape index (κ1) is 15.1. The second-order valence-corrected chi connectivity index (χ2v) is 6.01. The molecule has 2 aromatic heterocycles. The average Bonchev–Trinajstić information content (AvgIpc) is 3.18. The number of likely N-dealkylation sites (N-methyl/N-ethyl adjacent to an activating group) is 1. The number of hydrogen-bond acceptors (Lipinski definition) is 7. The molecule has 1 aliphatic rings. The van der Waals surface area contributed by atoms with Crippen LogP contribution < -0.4 is 4.90 Å². The van der Waals surface area contributed by atoms with Gasteiger partial charge >= 0.3 is 0 Å². The van der Waals surface area contributed by atoms with E-state index in [-0.39, 0.29) is 12.0 Å². The third-order valence-corrected chi connectivity index (χ3v) is 4.34. The Morgan fingerprint density at radius 2 is 2.50 bits per heavy atom. The quantitative estimate of drug-likeness (QED) is 0.887. The minimum absolute atomic E-state index is 0.0155. The highest BCUT2D eigenvalue weighted by Gasteiger charge is 2.27. The number of rotatable bonds is 4. The number of morpholine rings is 1. The summed E-state index contributed by atoms with van der Waals surface area (Å²) in [4.78, 5) is 24.4. The molecule has 1 aliphatic heterocycles. The number of ether oxygens (including phenoxy) is 1. The van der Waals surface area contributed by atoms with Gasteiger partial charge in [0.2, 0.25) is 5.91 Å². The van der Waals surface area contributed by atoms with E-state index in [0.717, 1.165) is 12.4 Å². The molecule has 0 aromatic carbocycles. The van der Waals surface area contributed by atoms with Crippen LogP contribution in [0.5, 0.6) is 0 Å². The van der Waals surface area contributed by atoms with Gasteiger partial charge in [-0.1, -0.05) is 0 Å². The highest BCUT2D eigenvalue weighted by Crippen LogP contribution is 2.20. The second-order valence-electron chi connectivity index (χ2n) is 5.14. The van der Waals surface area contributed by atoms with Crippen LogP contribution in [0.2, 0.25) is 0 Å². The van der Waals surface area contributed by atoms with Crippen molar-refractivity contribution in [2.45, 2.75) is 13.0 Å². The van der Waals surface area contributed by atoms with Gasteiger partial charge in [0, 0.05) is 31.7 Å². The van der Waals surface area contributed by atoms with Crippen molar-refractivity contribution in [3.05, 3.63) is 23.2 Å². The van der Waals surface area contributed by atoms with E-state index in [1.54, 1.807) is 18.1 Å². The highest BCUT2D eigenvalue weighted by atomic mass is 32.1. The zero-order valence-corrected chi connectivity index (χ0v) is 13.3. The molecule has 118 valence electrons. The standard InChI is InChI=1S/C13H18N6O2S/c1-9-15-12(17-16-9)10-7-19(4-5-21-10)8-11(20)18(2)13-14-3-6-22-13/h3,6,10H,4-5,7-8H2,1-2H3,(H,15,16,17)/t10-/m0/s1. The Labute approximate surface area is 132 Å². The monoisotopic (exact) mass is 322 g/mol. The van der Waals surface area contributed by atoms with Gasteiger partial charge in [0.15, 0.2) is 11.0 Å². The van der Waals surface area contributed by atoms with Crippen LogP contribution in [0.4, 0.5) is 5.13 Å². The van der Waals surface area contributed by atoms with E-state index >= 15 is 0 Å². The first-order chi connectivity index (χ1) is 10.6. The van der Waals surface area contributed by atoms with Gasteiger partial charge in [-0.2, -0.15) is 5.10 Å². The first-order valence-electron chi connectivity index (χ1n) is 7.02. The third kappa shape index (κ3) is 3.32. The van der Waals surface area contributed by atoms with Crippen molar-refractivity contribution in [3.63, 3.8) is 0 Å². The van der Waals surface area contributed by atoms with Gasteiger partial charge in [-0.15, -0.1) is 11.3 Å². The van der Waals surface area contributed by atoms with Crippen molar-refractivity contribution in [3.8, 4) is 0 Å². The van der Waals surface area contributed by atoms with E-state index < -0.39 is 0 Å². The molecular formula is C13H18N6O2S. The molecule has 3 rings (SSSR count). The molecule has 1 amide bonds. The molecule has 8 nitrogen and oxygen atoms in total. The molecule has 0 unspecified atom stereocenters. The van der Waals surface area contributed by atoms with Gasteiger partial charge in [0.25, 0.3) is 0 Å². The number of aromatic amines is 1. The molecule has 1 N–H and O–H groups in total. The van der Waals surface area contributed by atoms with Gasteiger partial charge < -0.3 is 4.74 Å². The maximum Gasteiger partial charge on any atom is 0.242 e. The molecule has 1 atom stereocenters. The number of carbonyl (C=O) groups excluding carboxylic acids is 1. The van der Waals surface area contributed by atoms with Gasteiger partial charge in [0.05, 0.1) is 13.2 Å². The molecule has 1 fully saturated rings. The Morgan fingerprint density at radius 1 is 1.64 bits per heavy atom. The average molecular weight is 322 g/mol. The lowest BCUT2D eigenvalue weighted by atomic mass is 10.2. The van der Waals surface area contributed by atoms with E-state index in [0.29, 0.717) is 30.7 Å². The fraction of sp³-hybridized carbons (Fsp3) is 0.538. The molecule has 0 spiro atoms. The number of thiazole rings is 1. The maximum absolute atomic E-state index is 12.3. The van der Waals surface area contributed by atoms with Crippen molar-refractivity contribution in [2.75, 3.05) is 38.2 Å². The van der Waals surface area contributed by atoms with E-state index in [9.17, 15) is 4.79 Å². The summed E-state index contributed by atoms with van der Waals surface area (Å²) in [5, 5.41) is 9.52. The van der Waals surface area contributed by atoms with Gasteiger partial charge in [-0.3, -0.25) is 19.7 Å². The minimum Gasteiger partial charge on any atom is -0.367 e. The fourth-order valence-corrected chi connectivity index (χ4v) is 2.92. The summed E-state index contributed by atoms with van der Waals surface area (Å²) in [5.74, 6) is 1.42. The Hall–Kier alpha value is -1.84. The van der Waals surface area contributed by atoms with E-state index in [2.05, 4.69) is 25.1 Å². The lowest BCUT2D eigenvalue weighted by Crippen LogP contribution is -2.45. The number of amides is 1. The summed E-state index contributed by atoms with van der Waals surface area (Å²) in [6.07, 6.45) is 1.50. The van der Waals surface area contributed by atoms with E-state index in [1.165, 1.54) is 11.3 Å². The summed E-state index contributed by atoms with van der Waals surface area (Å²) in [5.41, 5.74) is 0. The topological polar surface area (TPSA) is 87.2 Å². The number of H-pyrrole nitrogens is 1. The molecule has 9 heteroatoms. The molecule has 3 heterocycles. The summed E-state index contributed by atoms with van der Waals surface area (Å²) >= 11 is 1.45. The molecule has 1 saturated heterocycles. The summed E-state index contributed by atoms with van der Waals surface area (Å²) in [6.45, 7) is 4.07. The summed E-state index contributed by atoms with van der Waals surface area (Å²) in [7, 11) is 1.75. The van der Waals surface area contributed by atoms with Crippen molar-refractivity contribution >= 4 is 22.4 Å². The van der Waals surface area contributed by atoms with Crippen LogP contribution in [0.25, 0.3) is 0 Å². The lowest BCUT2D eigenvalue weighted by molar-refractivity contribution is -0.121. The minimum atomic E-state index is -0.198. The van der Waals surface area contributed by atoms with Gasteiger partial charge in [-0.05, 0) is 6.92 Å². The fourth-order valence-electron chi connectivity index (χ4n) is 2.29. The van der Waals surface area contributed by atoms with Crippen LogP contribution in [-0.4, -0.2) is 64.3 Å². The predicted molar refractivity (Wildman–Crippen MR) is 81.8 cm³/mol. The molecule has 0 saturated carbocycles. The number of nitrogens with zero attached hydrogens (tertiary/aromatic N) is 5. The molecule has 22 heavy (non-hydrogen) atoms. The van der Waals surface area contributed by atoms with Crippen LogP contribution in [0.3, 0.4) is 0 Å². The zero-order valence-electron chi connectivity index (χ0n) is 12.5. The van der Waals surface area contributed by atoms with Crippen LogP contribution >= 0.6 is 11.3 Å². The number of anilines is 1. The van der Waals surface area contributed by atoms with Gasteiger partial charge in [-0.25, -0.2) is 9.97 Å². The second kappa shape index (κ2) is 6.51. The zero-order chi connectivity index (χ0) is 15.5. The number of hydrogen-bond donors (Lipinski definition) is 1. The van der Waals surface area contributed by atoms with Crippen LogP contribution in [0, 0.1) is 6.92 Å². The summed E-state index contributed by atoms with van der Waals surface area (Å²) in [6, 6.07) is 0. The van der Waals surface area contributed by atoms with Crippen LogP contribution in [0.1, 0.15) is 17.8 Å². The Bertz CT molecular complexity index is 628. The van der Waals surface area contributed by atoms with Crippen LogP contribution in [0.15, 0.2) is 11.6 Å². The highest BCUT2D eigenvalue weighted by molar-refractivity contribution is 7.13. The predicted octanol–water partition coefficient (Wildman–Crippen LogP) is 0.606. The van der Waals surface area contributed by atoms with Crippen LogP contribution in [-0.2, 0) is 9.53 Å². The molecule has 0 bridgehead atoms. The number of nitrogens with one attached hydrogen (secondary N) is 1. The number of aryl methyl sites for hydroxylation is 1. The van der Waals surface area contributed by atoms with Gasteiger partial charge in [0.1, 0.15) is 11.9 Å². The van der Waals surface area contributed by atoms with Crippen molar-refractivity contribution in [2.24, 2.45) is 0 Å². The Kier molecular flexibility index (Phi) is 4.46. The maximum atomic E-state index is 12.3. The lowest BCUT2D eigenvalue weighted by Gasteiger charge is -2.31. The first-order valence-corrected chi connectivity index (χ1v) is 7.90. The smallest absolute Gasteiger partial charge is 0.242 e. The number of aromatic nitrogens is 4. The van der Waals surface area contributed by atoms with Crippen molar-refractivity contribution in [1.29, 1.82) is 0 Å². The molecule has 2 aromatic rings. The van der Waals surface area contributed by atoms with Crippen molar-refractivity contribution < 1.29 is 9.53 Å². The largest absolute Gasteiger partial charge is 0.367 e. The molecule has 0 radical (unpaired) electrons. The van der Waals surface area contributed by atoms with E-state index in [1.807, 2.05) is 12.3 Å². The molecular weight excluding hydrogens is 304 g/mol. The Morgan fingerprint density at radius 3 is 3.18 bits per heavy atom. The number of carbonyl (C=O) groups is 1. The third-order valence-electron chi connectivity index (χ3n) is 3.49. The molecule has 0 aliphatic carbocycles. The Balaban J connectivity index is 1.59. The SMILES string of the molecule is Cc1nc([C@@H]2CN(CC(=O)N(C)c3nccs3)CCO2)n[nH]1. The van der Waals surface area contributed by atoms with E-state index in [4.69, 9.17) is 4.74 Å². The summed E-state index contributed by atoms with van der Waals surface area (Å²) < 4.78 is 5.70. The van der Waals surface area contributed by atoms with Crippen molar-refractivity contribution in [1.82, 2.24) is 25.1 Å².